The highest BCUT2D eigenvalue weighted by atomic mass is 32.1. The van der Waals surface area contributed by atoms with Gasteiger partial charge in [0.25, 0.3) is 0 Å². The summed E-state index contributed by atoms with van der Waals surface area (Å²) in [4.78, 5) is 5.86. The fraction of sp³-hybridized carbons (Fsp3) is 0.389. The molecule has 0 aliphatic carbocycles. The first-order valence-electron chi connectivity index (χ1n) is 7.96. The van der Waals surface area contributed by atoms with E-state index in [0.29, 0.717) is 19.5 Å². The number of nitrogens with zero attached hydrogens (tertiary/aromatic N) is 1. The zero-order valence-corrected chi connectivity index (χ0v) is 14.6. The Kier molecular flexibility index (Phi) is 7.10. The maximum Gasteiger partial charge on any atom is 0.191 e. The number of aliphatic imine (C=N–C) groups is 1. The molecule has 23 heavy (non-hydrogen) atoms. The van der Waals surface area contributed by atoms with Crippen LogP contribution in [0, 0.1) is 6.92 Å². The Morgan fingerprint density at radius 2 is 2.00 bits per heavy atom. The van der Waals surface area contributed by atoms with E-state index in [1.807, 2.05) is 37.3 Å². The lowest BCUT2D eigenvalue weighted by Gasteiger charge is -2.15. The Morgan fingerprint density at radius 1 is 1.22 bits per heavy atom. The van der Waals surface area contributed by atoms with Crippen molar-refractivity contribution < 1.29 is 5.11 Å². The fourth-order valence-corrected chi connectivity index (χ4v) is 3.06. The molecule has 0 bridgehead atoms. The molecule has 0 radical (unpaired) electrons. The molecule has 1 aromatic heterocycles. The van der Waals surface area contributed by atoms with Gasteiger partial charge in [0.2, 0.25) is 0 Å². The predicted molar refractivity (Wildman–Crippen MR) is 98.0 cm³/mol. The number of aryl methyl sites for hydroxylation is 1. The lowest BCUT2D eigenvalue weighted by atomic mass is 10.1. The SMILES string of the molecule is CCNC(=NCc1sccc1C)NCC(O)Cc1ccccc1. The number of nitrogens with one attached hydrogen (secondary N) is 2. The monoisotopic (exact) mass is 331 g/mol. The van der Waals surface area contributed by atoms with E-state index in [2.05, 4.69) is 34.0 Å². The average molecular weight is 331 g/mol. The van der Waals surface area contributed by atoms with Crippen LogP contribution in [0.25, 0.3) is 0 Å². The van der Waals surface area contributed by atoms with E-state index in [1.165, 1.54) is 10.4 Å². The normalized spacial score (nSPS) is 12.9. The molecule has 1 aromatic carbocycles. The van der Waals surface area contributed by atoms with Crippen molar-refractivity contribution in [2.75, 3.05) is 13.1 Å². The van der Waals surface area contributed by atoms with Gasteiger partial charge in [-0.05, 0) is 36.4 Å². The highest BCUT2D eigenvalue weighted by Gasteiger charge is 2.07. The summed E-state index contributed by atoms with van der Waals surface area (Å²) in [6.07, 6.45) is 0.196. The summed E-state index contributed by atoms with van der Waals surface area (Å²) in [5, 5.41) is 18.7. The summed E-state index contributed by atoms with van der Waals surface area (Å²) in [7, 11) is 0. The number of aliphatic hydroxyl groups is 1. The van der Waals surface area contributed by atoms with E-state index >= 15 is 0 Å². The van der Waals surface area contributed by atoms with Crippen LogP contribution in [-0.2, 0) is 13.0 Å². The van der Waals surface area contributed by atoms with Crippen LogP contribution in [0.15, 0.2) is 46.8 Å². The molecule has 2 aromatic rings. The Bertz CT molecular complexity index is 610. The van der Waals surface area contributed by atoms with Crippen molar-refractivity contribution in [1.82, 2.24) is 10.6 Å². The smallest absolute Gasteiger partial charge is 0.191 e. The van der Waals surface area contributed by atoms with Gasteiger partial charge in [-0.3, -0.25) is 0 Å². The molecular formula is C18H25N3OS. The zero-order valence-electron chi connectivity index (χ0n) is 13.7. The van der Waals surface area contributed by atoms with Crippen molar-refractivity contribution in [3.8, 4) is 0 Å². The van der Waals surface area contributed by atoms with Crippen molar-refractivity contribution in [3.63, 3.8) is 0 Å². The first-order chi connectivity index (χ1) is 11.2. The maximum absolute atomic E-state index is 10.2. The van der Waals surface area contributed by atoms with E-state index in [9.17, 15) is 5.11 Å². The molecule has 0 aliphatic heterocycles. The predicted octanol–water partition coefficient (Wildman–Crippen LogP) is 2.72. The number of aliphatic hydroxyl groups excluding tert-OH is 1. The van der Waals surface area contributed by atoms with Crippen LogP contribution < -0.4 is 10.6 Å². The number of benzene rings is 1. The van der Waals surface area contributed by atoms with Gasteiger partial charge < -0.3 is 15.7 Å². The number of thiophene rings is 1. The summed E-state index contributed by atoms with van der Waals surface area (Å²) in [5.74, 6) is 0.743. The topological polar surface area (TPSA) is 56.7 Å². The van der Waals surface area contributed by atoms with Gasteiger partial charge in [0.15, 0.2) is 5.96 Å². The van der Waals surface area contributed by atoms with Crippen LogP contribution in [0.1, 0.15) is 22.9 Å². The second-order valence-corrected chi connectivity index (χ2v) is 6.45. The minimum atomic E-state index is -0.440. The van der Waals surface area contributed by atoms with Gasteiger partial charge in [0, 0.05) is 24.4 Å². The quantitative estimate of drug-likeness (QED) is 0.540. The molecule has 3 N–H and O–H groups in total. The summed E-state index contributed by atoms with van der Waals surface area (Å²) < 4.78 is 0. The number of hydrogen-bond donors (Lipinski definition) is 3. The molecule has 4 nitrogen and oxygen atoms in total. The largest absolute Gasteiger partial charge is 0.391 e. The van der Waals surface area contributed by atoms with Gasteiger partial charge in [0.05, 0.1) is 12.6 Å². The Morgan fingerprint density at radius 3 is 2.65 bits per heavy atom. The average Bonchev–Trinajstić information content (AvgIpc) is 2.96. The molecule has 0 spiro atoms. The van der Waals surface area contributed by atoms with Crippen LogP contribution in [0.2, 0.25) is 0 Å². The van der Waals surface area contributed by atoms with Gasteiger partial charge >= 0.3 is 0 Å². The van der Waals surface area contributed by atoms with E-state index in [1.54, 1.807) is 11.3 Å². The van der Waals surface area contributed by atoms with Gasteiger partial charge in [-0.1, -0.05) is 30.3 Å². The maximum atomic E-state index is 10.2. The first-order valence-corrected chi connectivity index (χ1v) is 8.84. The fourth-order valence-electron chi connectivity index (χ4n) is 2.23. The Labute approximate surface area is 142 Å². The number of rotatable bonds is 7. The van der Waals surface area contributed by atoms with E-state index in [4.69, 9.17) is 0 Å². The summed E-state index contributed by atoms with van der Waals surface area (Å²) in [6, 6.07) is 12.1. The summed E-state index contributed by atoms with van der Waals surface area (Å²) >= 11 is 1.72. The van der Waals surface area contributed by atoms with Crippen LogP contribution in [0.3, 0.4) is 0 Å². The van der Waals surface area contributed by atoms with Gasteiger partial charge in [-0.25, -0.2) is 4.99 Å². The molecule has 0 fully saturated rings. The third kappa shape index (κ3) is 6.04. The Hall–Kier alpha value is -1.85. The van der Waals surface area contributed by atoms with Gasteiger partial charge in [-0.2, -0.15) is 0 Å². The highest BCUT2D eigenvalue weighted by Crippen LogP contribution is 2.16. The van der Waals surface area contributed by atoms with E-state index in [0.717, 1.165) is 18.1 Å². The molecule has 2 rings (SSSR count). The zero-order chi connectivity index (χ0) is 16.5. The molecule has 0 amide bonds. The van der Waals surface area contributed by atoms with Crippen LogP contribution >= 0.6 is 11.3 Å². The first kappa shape index (κ1) is 17.5. The van der Waals surface area contributed by atoms with Gasteiger partial charge in [-0.15, -0.1) is 11.3 Å². The lowest BCUT2D eigenvalue weighted by molar-refractivity contribution is 0.177. The van der Waals surface area contributed by atoms with E-state index < -0.39 is 6.10 Å². The Balaban J connectivity index is 1.85. The molecular weight excluding hydrogens is 306 g/mol. The molecule has 0 saturated carbocycles. The van der Waals surface area contributed by atoms with Crippen LogP contribution in [0.5, 0.6) is 0 Å². The summed E-state index contributed by atoms with van der Waals surface area (Å²) in [6.45, 7) is 6.07. The molecule has 1 heterocycles. The van der Waals surface area contributed by atoms with Gasteiger partial charge in [0.1, 0.15) is 0 Å². The minimum Gasteiger partial charge on any atom is -0.391 e. The molecule has 1 unspecified atom stereocenters. The molecule has 0 saturated heterocycles. The van der Waals surface area contributed by atoms with Crippen molar-refractivity contribution in [1.29, 1.82) is 0 Å². The molecule has 1 atom stereocenters. The summed E-state index contributed by atoms with van der Waals surface area (Å²) in [5.41, 5.74) is 2.41. The standard InChI is InChI=1S/C18H25N3OS/c1-3-19-18(21-13-17-14(2)9-10-23-17)20-12-16(22)11-15-7-5-4-6-8-15/h4-10,16,22H,3,11-13H2,1-2H3,(H2,19,20,21). The number of hydrogen-bond acceptors (Lipinski definition) is 3. The van der Waals surface area contributed by atoms with Crippen molar-refractivity contribution in [3.05, 3.63) is 57.8 Å². The molecule has 0 aliphatic rings. The third-order valence-corrected chi connectivity index (χ3v) is 4.52. The van der Waals surface area contributed by atoms with Crippen LogP contribution in [-0.4, -0.2) is 30.3 Å². The third-order valence-electron chi connectivity index (χ3n) is 3.51. The molecule has 124 valence electrons. The van der Waals surface area contributed by atoms with E-state index in [-0.39, 0.29) is 0 Å². The second-order valence-electron chi connectivity index (χ2n) is 5.45. The van der Waals surface area contributed by atoms with Crippen molar-refractivity contribution in [2.24, 2.45) is 4.99 Å². The second kappa shape index (κ2) is 9.33. The van der Waals surface area contributed by atoms with Crippen molar-refractivity contribution >= 4 is 17.3 Å². The highest BCUT2D eigenvalue weighted by molar-refractivity contribution is 7.10. The minimum absolute atomic E-state index is 0.440. The number of guanidine groups is 1. The lowest BCUT2D eigenvalue weighted by Crippen LogP contribution is -2.41. The van der Waals surface area contributed by atoms with Crippen LogP contribution in [0.4, 0.5) is 0 Å². The molecule has 5 heteroatoms. The van der Waals surface area contributed by atoms with Crippen molar-refractivity contribution in [2.45, 2.75) is 32.9 Å².